The average Bonchev–Trinajstić information content (AvgIpc) is 3.57. The molecule has 8 nitrogen and oxygen atoms in total. The number of aryl methyl sites for hydroxylation is 1. The third-order valence-electron chi connectivity index (χ3n) is 9.16. The molecule has 1 amide bonds. The summed E-state index contributed by atoms with van der Waals surface area (Å²) in [7, 11) is 0. The fraction of sp³-hybridized carbons (Fsp3) is 0.515. The molecule has 260 valence electrons. The highest BCUT2D eigenvalue weighted by molar-refractivity contribution is 7.13. The number of cyclic esters (lactones) is 1. The summed E-state index contributed by atoms with van der Waals surface area (Å²) in [5, 5.41) is 11.1. The minimum Gasteiger partial charge on any atom is -0.481 e. The Hall–Kier alpha value is -3.88. The summed E-state index contributed by atoms with van der Waals surface area (Å²) in [6.07, 6.45) is -7.31. The van der Waals surface area contributed by atoms with Gasteiger partial charge in [-0.1, -0.05) is 0 Å². The molecule has 0 spiro atoms. The predicted molar refractivity (Wildman–Crippen MR) is 166 cm³/mol. The number of amides is 1. The van der Waals surface area contributed by atoms with Crippen LogP contribution in [0.15, 0.2) is 35.8 Å². The van der Waals surface area contributed by atoms with Crippen molar-refractivity contribution in [3.63, 3.8) is 0 Å². The first kappa shape index (κ1) is 35.4. The lowest BCUT2D eigenvalue weighted by atomic mass is 9.80. The molecular weight excluding hydrogens is 662 g/mol. The van der Waals surface area contributed by atoms with E-state index in [9.17, 15) is 41.0 Å². The predicted octanol–water partition coefficient (Wildman–Crippen LogP) is 8.74. The Morgan fingerprint density at radius 1 is 1.06 bits per heavy atom. The Balaban J connectivity index is 1.45. The average molecular weight is 699 g/mol. The highest BCUT2D eigenvalue weighted by atomic mass is 32.1. The van der Waals surface area contributed by atoms with Crippen LogP contribution in [0.2, 0.25) is 0 Å². The highest BCUT2D eigenvalue weighted by Gasteiger charge is 2.44. The summed E-state index contributed by atoms with van der Waals surface area (Å²) in [6, 6.07) is 2.21. The molecule has 5 rings (SSSR count). The van der Waals surface area contributed by atoms with Gasteiger partial charge in [-0.25, -0.2) is 14.8 Å². The van der Waals surface area contributed by atoms with Gasteiger partial charge in [0.25, 0.3) is 0 Å². The van der Waals surface area contributed by atoms with Crippen molar-refractivity contribution in [2.24, 2.45) is 11.8 Å². The van der Waals surface area contributed by atoms with Crippen LogP contribution in [0, 0.1) is 18.8 Å². The number of anilines is 1. The number of carbonyl (C=O) groups excluding carboxylic acids is 1. The highest BCUT2D eigenvalue weighted by Crippen LogP contribution is 2.42. The maximum atomic E-state index is 13.6. The quantitative estimate of drug-likeness (QED) is 0.212. The van der Waals surface area contributed by atoms with Crippen LogP contribution < -0.4 is 4.90 Å². The Kier molecular flexibility index (Phi) is 10.3. The van der Waals surface area contributed by atoms with Gasteiger partial charge in [-0.05, 0) is 99.1 Å². The largest absolute Gasteiger partial charge is 0.481 e. The second-order valence-electron chi connectivity index (χ2n) is 12.5. The number of thiophene rings is 1. The van der Waals surface area contributed by atoms with Crippen LogP contribution >= 0.6 is 11.3 Å². The lowest BCUT2D eigenvalue weighted by molar-refractivity contribution is -0.143. The number of rotatable bonds is 10. The third-order valence-corrected chi connectivity index (χ3v) is 10.2. The van der Waals surface area contributed by atoms with E-state index in [0.717, 1.165) is 36.1 Å². The number of hydrogen-bond acceptors (Lipinski definition) is 7. The molecule has 1 saturated heterocycles. The van der Waals surface area contributed by atoms with E-state index in [2.05, 4.69) is 0 Å². The van der Waals surface area contributed by atoms with Gasteiger partial charge in [0.05, 0.1) is 40.5 Å². The lowest BCUT2D eigenvalue weighted by Gasteiger charge is -2.33. The smallest absolute Gasteiger partial charge is 0.416 e. The molecule has 2 aromatic heterocycles. The van der Waals surface area contributed by atoms with E-state index in [4.69, 9.17) is 14.7 Å². The van der Waals surface area contributed by atoms with Crippen LogP contribution in [0.4, 0.5) is 37.0 Å². The Morgan fingerprint density at radius 2 is 1.69 bits per heavy atom. The van der Waals surface area contributed by atoms with Gasteiger partial charge < -0.3 is 14.7 Å². The lowest BCUT2D eigenvalue weighted by Crippen LogP contribution is -2.36. The number of carbonyl (C=O) groups is 2. The molecule has 15 heteroatoms. The van der Waals surface area contributed by atoms with Crippen LogP contribution in [0.3, 0.4) is 0 Å². The van der Waals surface area contributed by atoms with Crippen LogP contribution in [-0.2, 0) is 28.4 Å². The molecule has 1 aromatic carbocycles. The Labute approximate surface area is 277 Å². The topological polar surface area (TPSA) is 95.9 Å². The summed E-state index contributed by atoms with van der Waals surface area (Å²) >= 11 is 1.47. The summed E-state index contributed by atoms with van der Waals surface area (Å²) in [6.45, 7) is 6.40. The standard InChI is InChI=1S/C33H36F6N4O4S/c1-4-42(16-21-7-5-20(6-8-21)11-27(44)45)30-26(41-25(15-40-30)29-18(2)9-10-48-29)17-43-19(3)28(47-31(43)46)22-12-23(32(34,35)36)14-24(13-22)33(37,38)39/h9-10,12-15,19-21,28H,4-8,11,16-17H2,1-3H3,(H,44,45)/t19-,20-,21-,28?/m0/s1. The first-order valence-electron chi connectivity index (χ1n) is 15.7. The van der Waals surface area contributed by atoms with Crippen molar-refractivity contribution in [1.82, 2.24) is 14.9 Å². The Morgan fingerprint density at radius 3 is 2.23 bits per heavy atom. The van der Waals surface area contributed by atoms with Gasteiger partial charge in [0, 0.05) is 19.5 Å². The normalized spacial score (nSPS) is 21.8. The number of ether oxygens (including phenoxy) is 1. The third kappa shape index (κ3) is 7.87. The van der Waals surface area contributed by atoms with E-state index in [0.29, 0.717) is 42.4 Å². The van der Waals surface area contributed by atoms with Crippen molar-refractivity contribution in [2.75, 3.05) is 18.0 Å². The summed E-state index contributed by atoms with van der Waals surface area (Å²) in [5.74, 6) is 0.107. The number of hydrogen-bond donors (Lipinski definition) is 1. The van der Waals surface area contributed by atoms with Crippen molar-refractivity contribution in [3.8, 4) is 10.6 Å². The van der Waals surface area contributed by atoms with Gasteiger partial charge in [-0.15, -0.1) is 11.3 Å². The molecule has 1 N–H and O–H groups in total. The number of aliphatic carboxylic acids is 1. The first-order chi connectivity index (χ1) is 22.5. The van der Waals surface area contributed by atoms with Crippen molar-refractivity contribution in [2.45, 2.75) is 83.9 Å². The van der Waals surface area contributed by atoms with E-state index in [1.54, 1.807) is 6.20 Å². The number of halogens is 6. The molecule has 2 fully saturated rings. The zero-order valence-electron chi connectivity index (χ0n) is 26.6. The molecule has 2 atom stereocenters. The van der Waals surface area contributed by atoms with E-state index in [1.807, 2.05) is 30.2 Å². The second kappa shape index (κ2) is 13.9. The minimum atomic E-state index is -5.05. The van der Waals surface area contributed by atoms with Crippen LogP contribution in [0.5, 0.6) is 0 Å². The van der Waals surface area contributed by atoms with Gasteiger partial charge in [0.15, 0.2) is 5.82 Å². The fourth-order valence-electron chi connectivity index (χ4n) is 6.54. The summed E-state index contributed by atoms with van der Waals surface area (Å²) in [4.78, 5) is 38.3. The number of nitrogens with zero attached hydrogens (tertiary/aromatic N) is 4. The molecule has 1 aliphatic carbocycles. The number of carboxylic acids is 1. The molecule has 2 aliphatic rings. The summed E-state index contributed by atoms with van der Waals surface area (Å²) in [5.41, 5.74) is -1.45. The van der Waals surface area contributed by atoms with Crippen LogP contribution in [0.25, 0.3) is 10.6 Å². The van der Waals surface area contributed by atoms with Crippen molar-refractivity contribution in [3.05, 3.63) is 63.8 Å². The molecule has 1 unspecified atom stereocenters. The van der Waals surface area contributed by atoms with Crippen molar-refractivity contribution < 1.29 is 45.8 Å². The second-order valence-corrected chi connectivity index (χ2v) is 13.4. The molecule has 48 heavy (non-hydrogen) atoms. The number of benzene rings is 1. The SMILES string of the molecule is CCN(C[C@H]1CC[C@H](CC(=O)O)CC1)c1ncc(-c2sccc2C)nc1CN1C(=O)OC(c2cc(C(F)(F)F)cc(C(F)(F)F)c2)[C@@H]1C. The van der Waals surface area contributed by atoms with Gasteiger partial charge in [0.1, 0.15) is 11.8 Å². The molecule has 0 bridgehead atoms. The number of alkyl halides is 6. The van der Waals surface area contributed by atoms with E-state index in [1.165, 1.54) is 23.2 Å². The molecular formula is C33H36F6N4O4S. The van der Waals surface area contributed by atoms with E-state index >= 15 is 0 Å². The molecule has 3 heterocycles. The van der Waals surface area contributed by atoms with Gasteiger partial charge >= 0.3 is 24.4 Å². The Bertz CT molecular complexity index is 1600. The summed E-state index contributed by atoms with van der Waals surface area (Å²) < 4.78 is 87.1. The number of aromatic nitrogens is 2. The van der Waals surface area contributed by atoms with Gasteiger partial charge in [-0.3, -0.25) is 9.69 Å². The molecule has 0 radical (unpaired) electrons. The van der Waals surface area contributed by atoms with Crippen LogP contribution in [0.1, 0.15) is 80.0 Å². The number of carboxylic acid groups (broad SMARTS) is 1. The molecule has 1 aliphatic heterocycles. The monoisotopic (exact) mass is 698 g/mol. The van der Waals surface area contributed by atoms with E-state index < -0.39 is 53.3 Å². The minimum absolute atomic E-state index is 0.0423. The molecule has 3 aromatic rings. The fourth-order valence-corrected chi connectivity index (χ4v) is 7.42. The van der Waals surface area contributed by atoms with Crippen LogP contribution in [-0.4, -0.2) is 51.2 Å². The first-order valence-corrected chi connectivity index (χ1v) is 16.6. The maximum absolute atomic E-state index is 13.6. The molecule has 1 saturated carbocycles. The van der Waals surface area contributed by atoms with Crippen molar-refractivity contribution in [1.29, 1.82) is 0 Å². The zero-order valence-corrected chi connectivity index (χ0v) is 27.4. The zero-order chi connectivity index (χ0) is 35.0. The van der Waals surface area contributed by atoms with E-state index in [-0.39, 0.29) is 30.9 Å². The van der Waals surface area contributed by atoms with Gasteiger partial charge in [0.2, 0.25) is 0 Å². The van der Waals surface area contributed by atoms with Crippen molar-refractivity contribution >= 4 is 29.2 Å². The van der Waals surface area contributed by atoms with Gasteiger partial charge in [-0.2, -0.15) is 26.3 Å². The maximum Gasteiger partial charge on any atom is 0.416 e.